The van der Waals surface area contributed by atoms with E-state index in [-0.39, 0.29) is 6.04 Å². The Morgan fingerprint density at radius 2 is 1.28 bits per heavy atom. The number of anilines is 2. The molecule has 1 aliphatic rings. The van der Waals surface area contributed by atoms with E-state index in [4.69, 9.17) is 9.47 Å². The molecule has 46 heavy (non-hydrogen) atoms. The summed E-state index contributed by atoms with van der Waals surface area (Å²) in [6, 6.07) is 17.1. The molecule has 1 aliphatic heterocycles. The highest BCUT2D eigenvalue weighted by molar-refractivity contribution is 5.98. The molecule has 0 aliphatic carbocycles. The van der Waals surface area contributed by atoms with E-state index < -0.39 is 29.8 Å². The van der Waals surface area contributed by atoms with Gasteiger partial charge in [-0.25, -0.2) is 0 Å². The lowest BCUT2D eigenvalue weighted by atomic mass is 9.94. The van der Waals surface area contributed by atoms with Crippen LogP contribution in [-0.4, -0.2) is 48.9 Å². The molecule has 0 amide bonds. The maximum atomic E-state index is 13.7. The molecule has 0 saturated carbocycles. The van der Waals surface area contributed by atoms with Gasteiger partial charge in [0.2, 0.25) is 0 Å². The largest absolute Gasteiger partial charge is 0.422 e. The van der Waals surface area contributed by atoms with Crippen molar-refractivity contribution in [2.75, 3.05) is 24.3 Å². The van der Waals surface area contributed by atoms with Crippen LogP contribution in [0.5, 0.6) is 0 Å². The van der Waals surface area contributed by atoms with Crippen molar-refractivity contribution in [3.05, 3.63) is 59.7 Å². The average Bonchev–Trinajstić information content (AvgIpc) is 2.98. The van der Waals surface area contributed by atoms with Crippen LogP contribution >= 0.6 is 0 Å². The zero-order valence-electron chi connectivity index (χ0n) is 29.9. The van der Waals surface area contributed by atoms with E-state index in [9.17, 15) is 9.59 Å². The maximum Gasteiger partial charge on any atom is 0.327 e. The third kappa shape index (κ3) is 11.6. The van der Waals surface area contributed by atoms with Crippen molar-refractivity contribution in [3.8, 4) is 0 Å². The van der Waals surface area contributed by atoms with E-state index in [0.29, 0.717) is 12.5 Å². The number of nitrogens with zero attached hydrogens (tertiary/aromatic N) is 2. The van der Waals surface area contributed by atoms with E-state index in [1.54, 1.807) is 13.8 Å². The van der Waals surface area contributed by atoms with Crippen LogP contribution in [0.15, 0.2) is 48.5 Å². The predicted molar refractivity (Wildman–Crippen MR) is 190 cm³/mol. The van der Waals surface area contributed by atoms with Crippen molar-refractivity contribution >= 4 is 23.3 Å². The number of hydrogen-bond donors (Lipinski definition) is 1. The zero-order chi connectivity index (χ0) is 33.7. The monoisotopic (exact) mass is 635 g/mol. The van der Waals surface area contributed by atoms with Crippen LogP contribution in [0.1, 0.15) is 117 Å². The first kappa shape index (κ1) is 37.4. The van der Waals surface area contributed by atoms with Crippen LogP contribution in [0.4, 0.5) is 11.4 Å². The molecule has 0 bridgehead atoms. The van der Waals surface area contributed by atoms with E-state index >= 15 is 0 Å². The number of unbranched alkanes of at least 4 members (excludes halogenated alkanes) is 6. The van der Waals surface area contributed by atoms with Gasteiger partial charge < -0.3 is 19.7 Å². The lowest BCUT2D eigenvalue weighted by Crippen LogP contribution is -2.59. The summed E-state index contributed by atoms with van der Waals surface area (Å²) in [5.74, 6) is -2.93. The predicted octanol–water partition coefficient (Wildman–Crippen LogP) is 8.95. The van der Waals surface area contributed by atoms with Crippen molar-refractivity contribution < 1.29 is 19.1 Å². The molecule has 7 nitrogen and oxygen atoms in total. The van der Waals surface area contributed by atoms with Gasteiger partial charge in [-0.15, -0.1) is 0 Å². The Hall–Kier alpha value is -3.06. The SMILES string of the molecule is CCCCCCC(CCCCCC)N(Cc1ccc(CC(C)C)cc1)C(Nc1ccc(N(C)C)cc1)C1C(=O)OC(C)(C)OC1=O. The van der Waals surface area contributed by atoms with Gasteiger partial charge in [0.15, 0.2) is 5.92 Å². The minimum Gasteiger partial charge on any atom is -0.422 e. The molecule has 0 aromatic heterocycles. The molecular weight excluding hydrogens is 574 g/mol. The fraction of sp³-hybridized carbons (Fsp3) is 0.641. The molecular formula is C39H61N3O4. The Bertz CT molecular complexity index is 1160. The second-order valence-electron chi connectivity index (χ2n) is 14.2. The fourth-order valence-electron chi connectivity index (χ4n) is 6.38. The molecule has 0 spiro atoms. The van der Waals surface area contributed by atoms with Crippen molar-refractivity contribution in [2.24, 2.45) is 11.8 Å². The first-order valence-electron chi connectivity index (χ1n) is 17.8. The molecule has 2 aromatic rings. The van der Waals surface area contributed by atoms with E-state index in [2.05, 4.69) is 67.1 Å². The Morgan fingerprint density at radius 3 is 1.76 bits per heavy atom. The standard InChI is InChI=1S/C39H61N3O4/c1-9-11-13-15-17-34(18-16-14-12-10-2)42(28-31-21-19-30(20-22-31)27-29(3)4)36(35-37(43)45-39(5,6)46-38(35)44)40-32-23-25-33(26-24-32)41(7)8/h19-26,29,34-36,40H,9-18,27-28H2,1-8H3. The van der Waals surface area contributed by atoms with Crippen LogP contribution in [-0.2, 0) is 32.0 Å². The molecule has 256 valence electrons. The highest BCUT2D eigenvalue weighted by Crippen LogP contribution is 2.33. The Balaban J connectivity index is 2.08. The van der Waals surface area contributed by atoms with Crippen molar-refractivity contribution in [2.45, 2.75) is 137 Å². The van der Waals surface area contributed by atoms with Crippen LogP contribution in [0.2, 0.25) is 0 Å². The van der Waals surface area contributed by atoms with Crippen LogP contribution in [0, 0.1) is 11.8 Å². The number of carbonyl (C=O) groups excluding carboxylic acids is 2. The minimum atomic E-state index is -1.29. The van der Waals surface area contributed by atoms with Crippen molar-refractivity contribution in [1.82, 2.24) is 4.90 Å². The summed E-state index contributed by atoms with van der Waals surface area (Å²) in [7, 11) is 4.02. The summed E-state index contributed by atoms with van der Waals surface area (Å²) in [5, 5.41) is 3.65. The number of rotatable bonds is 20. The van der Waals surface area contributed by atoms with Gasteiger partial charge in [0, 0.05) is 51.9 Å². The normalized spacial score (nSPS) is 15.7. The number of benzene rings is 2. The van der Waals surface area contributed by atoms with Gasteiger partial charge in [0.05, 0.1) is 0 Å². The van der Waals surface area contributed by atoms with Crippen LogP contribution < -0.4 is 10.2 Å². The first-order chi connectivity index (χ1) is 21.9. The van der Waals surface area contributed by atoms with Gasteiger partial charge in [0.1, 0.15) is 6.17 Å². The average molecular weight is 636 g/mol. The lowest BCUT2D eigenvalue weighted by molar-refractivity contribution is -0.243. The lowest BCUT2D eigenvalue weighted by Gasteiger charge is -2.44. The van der Waals surface area contributed by atoms with Gasteiger partial charge in [-0.3, -0.25) is 14.5 Å². The van der Waals surface area contributed by atoms with Crippen LogP contribution in [0.3, 0.4) is 0 Å². The number of ether oxygens (including phenoxy) is 2. The quantitative estimate of drug-likeness (QED) is 0.0674. The molecule has 7 heteroatoms. The summed E-state index contributed by atoms with van der Waals surface area (Å²) in [4.78, 5) is 31.9. The van der Waals surface area contributed by atoms with Gasteiger partial charge in [-0.05, 0) is 60.6 Å². The highest BCUT2D eigenvalue weighted by atomic mass is 16.7. The van der Waals surface area contributed by atoms with Gasteiger partial charge in [-0.2, -0.15) is 0 Å². The highest BCUT2D eigenvalue weighted by Gasteiger charge is 2.50. The van der Waals surface area contributed by atoms with Crippen molar-refractivity contribution in [3.63, 3.8) is 0 Å². The molecule has 3 rings (SSSR count). The summed E-state index contributed by atoms with van der Waals surface area (Å²) < 4.78 is 11.5. The Labute approximate surface area is 279 Å². The van der Waals surface area contributed by atoms with E-state index in [1.165, 1.54) is 44.1 Å². The Morgan fingerprint density at radius 1 is 0.761 bits per heavy atom. The molecule has 1 fully saturated rings. The maximum absolute atomic E-state index is 13.7. The third-order valence-corrected chi connectivity index (χ3v) is 8.85. The number of carbonyl (C=O) groups is 2. The summed E-state index contributed by atoms with van der Waals surface area (Å²) in [6.45, 7) is 12.8. The molecule has 0 radical (unpaired) electrons. The number of nitrogens with one attached hydrogen (secondary N) is 1. The Kier molecular flexibility index (Phi) is 14.9. The number of hydrogen-bond acceptors (Lipinski definition) is 7. The topological polar surface area (TPSA) is 71.1 Å². The fourth-order valence-corrected chi connectivity index (χ4v) is 6.38. The minimum absolute atomic E-state index is 0.165. The van der Waals surface area contributed by atoms with E-state index in [0.717, 1.165) is 49.0 Å². The van der Waals surface area contributed by atoms with Crippen molar-refractivity contribution in [1.29, 1.82) is 0 Å². The molecule has 1 atom stereocenters. The van der Waals surface area contributed by atoms with Gasteiger partial charge in [-0.1, -0.05) is 103 Å². The third-order valence-electron chi connectivity index (χ3n) is 8.85. The van der Waals surface area contributed by atoms with Gasteiger partial charge in [0.25, 0.3) is 5.79 Å². The van der Waals surface area contributed by atoms with Gasteiger partial charge >= 0.3 is 11.9 Å². The van der Waals surface area contributed by atoms with E-state index in [1.807, 2.05) is 38.4 Å². The second kappa shape index (κ2) is 18.3. The molecule has 2 aromatic carbocycles. The smallest absolute Gasteiger partial charge is 0.327 e. The number of cyclic esters (lactones) is 2. The summed E-state index contributed by atoms with van der Waals surface area (Å²) in [5.41, 5.74) is 4.39. The zero-order valence-corrected chi connectivity index (χ0v) is 29.9. The molecule has 1 saturated heterocycles. The number of esters is 2. The summed E-state index contributed by atoms with van der Waals surface area (Å²) >= 11 is 0. The molecule has 1 unspecified atom stereocenters. The summed E-state index contributed by atoms with van der Waals surface area (Å²) in [6.07, 6.45) is 11.7. The first-order valence-corrected chi connectivity index (χ1v) is 17.8. The molecule has 1 heterocycles. The molecule has 1 N–H and O–H groups in total. The second-order valence-corrected chi connectivity index (χ2v) is 14.2. The van der Waals surface area contributed by atoms with Crippen LogP contribution in [0.25, 0.3) is 0 Å².